The van der Waals surface area contributed by atoms with E-state index in [1.54, 1.807) is 20.0 Å². The van der Waals surface area contributed by atoms with E-state index in [1.807, 2.05) is 0 Å². The van der Waals surface area contributed by atoms with Crippen LogP contribution in [-0.4, -0.2) is 35.6 Å². The Balaban J connectivity index is 2.84. The van der Waals surface area contributed by atoms with E-state index in [0.717, 1.165) is 0 Å². The number of hydrogen-bond acceptors (Lipinski definition) is 2. The van der Waals surface area contributed by atoms with Gasteiger partial charge in [-0.3, -0.25) is 4.79 Å². The summed E-state index contributed by atoms with van der Waals surface area (Å²) >= 11 is 5.83. The largest absolute Gasteiger partial charge is 0.394 e. The third-order valence-electron chi connectivity index (χ3n) is 2.67. The molecule has 1 amide bonds. The van der Waals surface area contributed by atoms with Crippen LogP contribution < -0.4 is 0 Å². The van der Waals surface area contributed by atoms with Crippen LogP contribution in [0.4, 0.5) is 4.39 Å². The minimum Gasteiger partial charge on any atom is -0.394 e. The van der Waals surface area contributed by atoms with Gasteiger partial charge in [0.15, 0.2) is 0 Å². The SMILES string of the molecule is CC(CO)N(C)C(=O)/C=C/c1c(F)cccc1Cl. The quantitative estimate of drug-likeness (QED) is 0.854. The fourth-order valence-corrected chi connectivity index (χ4v) is 1.51. The van der Waals surface area contributed by atoms with Crippen LogP contribution in [0.1, 0.15) is 12.5 Å². The number of nitrogens with zero attached hydrogens (tertiary/aromatic N) is 1. The maximum Gasteiger partial charge on any atom is 0.246 e. The highest BCUT2D eigenvalue weighted by molar-refractivity contribution is 6.32. The van der Waals surface area contributed by atoms with Crippen molar-refractivity contribution in [2.45, 2.75) is 13.0 Å². The van der Waals surface area contributed by atoms with Gasteiger partial charge in [0, 0.05) is 18.7 Å². The maximum absolute atomic E-state index is 13.4. The first-order valence-corrected chi connectivity index (χ1v) is 5.85. The van der Waals surface area contributed by atoms with Gasteiger partial charge in [0.2, 0.25) is 5.91 Å². The van der Waals surface area contributed by atoms with E-state index < -0.39 is 5.82 Å². The molecule has 1 rings (SSSR count). The lowest BCUT2D eigenvalue weighted by molar-refractivity contribution is -0.127. The summed E-state index contributed by atoms with van der Waals surface area (Å²) < 4.78 is 13.4. The number of benzene rings is 1. The number of halogens is 2. The molecule has 1 N–H and O–H groups in total. The molecule has 0 heterocycles. The summed E-state index contributed by atoms with van der Waals surface area (Å²) in [6.45, 7) is 1.58. The Morgan fingerprint density at radius 2 is 2.28 bits per heavy atom. The minimum atomic E-state index is -0.482. The number of rotatable bonds is 4. The Labute approximate surface area is 110 Å². The van der Waals surface area contributed by atoms with Crippen LogP contribution in [0.2, 0.25) is 5.02 Å². The molecule has 5 heteroatoms. The van der Waals surface area contributed by atoms with Crippen LogP contribution in [0.15, 0.2) is 24.3 Å². The summed E-state index contributed by atoms with van der Waals surface area (Å²) in [6.07, 6.45) is 2.57. The zero-order valence-electron chi connectivity index (χ0n) is 10.2. The Hall–Kier alpha value is -1.39. The number of carbonyl (C=O) groups excluding carboxylic acids is 1. The fraction of sp³-hybridized carbons (Fsp3) is 0.308. The van der Waals surface area contributed by atoms with Gasteiger partial charge >= 0.3 is 0 Å². The summed E-state index contributed by atoms with van der Waals surface area (Å²) in [5, 5.41) is 9.18. The predicted octanol–water partition coefficient (Wildman–Crippen LogP) is 2.33. The highest BCUT2D eigenvalue weighted by Gasteiger charge is 2.12. The van der Waals surface area contributed by atoms with Crippen LogP contribution >= 0.6 is 11.6 Å². The summed E-state index contributed by atoms with van der Waals surface area (Å²) in [6, 6.07) is 4.03. The van der Waals surface area contributed by atoms with E-state index >= 15 is 0 Å². The lowest BCUT2D eigenvalue weighted by Gasteiger charge is -2.21. The van der Waals surface area contributed by atoms with Crippen molar-refractivity contribution in [1.29, 1.82) is 0 Å². The zero-order chi connectivity index (χ0) is 13.7. The second kappa shape index (κ2) is 6.52. The van der Waals surface area contributed by atoms with Crippen molar-refractivity contribution in [3.05, 3.63) is 40.7 Å². The van der Waals surface area contributed by atoms with Gasteiger partial charge < -0.3 is 10.0 Å². The normalized spacial score (nSPS) is 12.7. The second-order valence-corrected chi connectivity index (χ2v) is 4.36. The molecule has 3 nitrogen and oxygen atoms in total. The van der Waals surface area contributed by atoms with Gasteiger partial charge in [0.05, 0.1) is 17.7 Å². The smallest absolute Gasteiger partial charge is 0.246 e. The number of hydrogen-bond donors (Lipinski definition) is 1. The molecular formula is C13H15ClFNO2. The Morgan fingerprint density at radius 1 is 1.61 bits per heavy atom. The van der Waals surface area contributed by atoms with Gasteiger partial charge in [0.25, 0.3) is 0 Å². The minimum absolute atomic E-state index is 0.128. The molecule has 0 bridgehead atoms. The van der Waals surface area contributed by atoms with Gasteiger partial charge in [-0.1, -0.05) is 17.7 Å². The van der Waals surface area contributed by atoms with Crippen molar-refractivity contribution in [1.82, 2.24) is 4.90 Å². The summed E-state index contributed by atoms with van der Waals surface area (Å²) in [7, 11) is 1.57. The first-order chi connectivity index (χ1) is 8.47. The van der Waals surface area contributed by atoms with Gasteiger partial charge in [-0.25, -0.2) is 4.39 Å². The van der Waals surface area contributed by atoms with Crippen LogP contribution in [0.5, 0.6) is 0 Å². The average Bonchev–Trinajstić information content (AvgIpc) is 2.36. The Kier molecular flexibility index (Phi) is 5.31. The number of aliphatic hydroxyl groups excluding tert-OH is 1. The van der Waals surface area contributed by atoms with Crippen molar-refractivity contribution in [2.24, 2.45) is 0 Å². The van der Waals surface area contributed by atoms with Crippen LogP contribution in [-0.2, 0) is 4.79 Å². The number of aliphatic hydroxyl groups is 1. The molecule has 18 heavy (non-hydrogen) atoms. The third-order valence-corrected chi connectivity index (χ3v) is 2.99. The molecule has 1 aromatic carbocycles. The number of amides is 1. The summed E-state index contributed by atoms with van der Waals surface area (Å²) in [4.78, 5) is 13.1. The monoisotopic (exact) mass is 271 g/mol. The molecule has 98 valence electrons. The van der Waals surface area contributed by atoms with Crippen molar-refractivity contribution in [3.8, 4) is 0 Å². The molecule has 1 atom stereocenters. The predicted molar refractivity (Wildman–Crippen MR) is 69.8 cm³/mol. The molecule has 1 aromatic rings. The van der Waals surface area contributed by atoms with Gasteiger partial charge in [-0.05, 0) is 25.1 Å². The van der Waals surface area contributed by atoms with Crippen LogP contribution in [0.3, 0.4) is 0 Å². The lowest BCUT2D eigenvalue weighted by Crippen LogP contribution is -2.36. The van der Waals surface area contributed by atoms with Crippen molar-refractivity contribution in [2.75, 3.05) is 13.7 Å². The molecule has 0 aliphatic rings. The standard InChI is InChI=1S/C13H15ClFNO2/c1-9(8-17)16(2)13(18)7-6-10-11(14)4-3-5-12(10)15/h3-7,9,17H,8H2,1-2H3/b7-6+. The van der Waals surface area contributed by atoms with Gasteiger partial charge in [-0.2, -0.15) is 0 Å². The highest BCUT2D eigenvalue weighted by Crippen LogP contribution is 2.20. The van der Waals surface area contributed by atoms with Crippen LogP contribution in [0, 0.1) is 5.82 Å². The van der Waals surface area contributed by atoms with Crippen molar-refractivity contribution >= 4 is 23.6 Å². The maximum atomic E-state index is 13.4. The topological polar surface area (TPSA) is 40.5 Å². The highest BCUT2D eigenvalue weighted by atomic mass is 35.5. The van der Waals surface area contributed by atoms with E-state index in [9.17, 15) is 9.18 Å². The van der Waals surface area contributed by atoms with E-state index in [0.29, 0.717) is 0 Å². The second-order valence-electron chi connectivity index (χ2n) is 3.95. The molecule has 0 saturated heterocycles. The van der Waals surface area contributed by atoms with E-state index in [2.05, 4.69) is 0 Å². The molecule has 0 saturated carbocycles. The summed E-state index contributed by atoms with van der Waals surface area (Å²) in [5.74, 6) is -0.805. The molecule has 0 spiro atoms. The van der Waals surface area contributed by atoms with Gasteiger partial charge in [0.1, 0.15) is 5.82 Å². The molecule has 0 aliphatic carbocycles. The van der Waals surface area contributed by atoms with Gasteiger partial charge in [-0.15, -0.1) is 0 Å². The molecular weight excluding hydrogens is 257 g/mol. The fourth-order valence-electron chi connectivity index (χ4n) is 1.28. The third kappa shape index (κ3) is 3.55. The first kappa shape index (κ1) is 14.7. The molecule has 0 aromatic heterocycles. The van der Waals surface area contributed by atoms with Crippen LogP contribution in [0.25, 0.3) is 6.08 Å². The Bertz CT molecular complexity index is 442. The van der Waals surface area contributed by atoms with E-state index in [-0.39, 0.29) is 29.1 Å². The van der Waals surface area contributed by atoms with E-state index in [4.69, 9.17) is 16.7 Å². The molecule has 0 radical (unpaired) electrons. The molecule has 0 fully saturated rings. The summed E-state index contributed by atoms with van der Waals surface area (Å²) in [5.41, 5.74) is 0.178. The van der Waals surface area contributed by atoms with Crippen molar-refractivity contribution < 1.29 is 14.3 Å². The first-order valence-electron chi connectivity index (χ1n) is 5.47. The zero-order valence-corrected chi connectivity index (χ0v) is 11.0. The Morgan fingerprint density at radius 3 is 2.83 bits per heavy atom. The van der Waals surface area contributed by atoms with E-state index in [1.165, 1.54) is 29.2 Å². The number of likely N-dealkylation sites (N-methyl/N-ethyl adjacent to an activating group) is 1. The lowest BCUT2D eigenvalue weighted by atomic mass is 10.2. The number of carbonyl (C=O) groups is 1. The van der Waals surface area contributed by atoms with Crippen molar-refractivity contribution in [3.63, 3.8) is 0 Å². The molecule has 0 aliphatic heterocycles. The average molecular weight is 272 g/mol. The molecule has 1 unspecified atom stereocenters.